The van der Waals surface area contributed by atoms with Gasteiger partial charge in [0.2, 0.25) is 0 Å². The van der Waals surface area contributed by atoms with Crippen molar-refractivity contribution in [1.29, 1.82) is 0 Å². The van der Waals surface area contributed by atoms with Crippen LogP contribution in [-0.4, -0.2) is 46.0 Å². The van der Waals surface area contributed by atoms with Crippen LogP contribution in [0.3, 0.4) is 0 Å². The topological polar surface area (TPSA) is 68.7 Å². The number of rotatable bonds is 6. The highest BCUT2D eigenvalue weighted by molar-refractivity contribution is 7.92. The van der Waals surface area contributed by atoms with E-state index in [9.17, 15) is 8.42 Å². The van der Waals surface area contributed by atoms with Gasteiger partial charge >= 0.3 is 0 Å². The molecule has 2 aromatic carbocycles. The molecule has 1 aromatic heterocycles. The second-order valence-electron chi connectivity index (χ2n) is 7.13. The van der Waals surface area contributed by atoms with Crippen molar-refractivity contribution in [3.05, 3.63) is 53.9 Å². The lowest BCUT2D eigenvalue weighted by molar-refractivity contribution is 0.385. The number of ether oxygens (including phenoxy) is 2. The van der Waals surface area contributed by atoms with Crippen LogP contribution in [0.15, 0.2) is 58.8 Å². The van der Waals surface area contributed by atoms with Crippen molar-refractivity contribution in [3.8, 4) is 22.8 Å². The van der Waals surface area contributed by atoms with E-state index in [-0.39, 0.29) is 4.90 Å². The van der Waals surface area contributed by atoms with Crippen LogP contribution in [0, 0.1) is 0 Å². The summed E-state index contributed by atoms with van der Waals surface area (Å²) < 4.78 is 37.0. The van der Waals surface area contributed by atoms with Gasteiger partial charge in [-0.1, -0.05) is 30.3 Å². The zero-order chi connectivity index (χ0) is 21.1. The molecule has 4 rings (SSSR count). The standard InChI is InChI=1S/C22H24N2O4S2/c1-27-17-8-9-21(20(14-17)28-2)30(25,26)18-10-12-24(13-11-18)22-23-19(15-29-22)16-6-4-3-5-7-16/h3-9,14-15,18H,10-13H2,1-2H3. The van der Waals surface area contributed by atoms with Crippen molar-refractivity contribution in [2.45, 2.75) is 23.0 Å². The minimum absolute atomic E-state index is 0.227. The largest absolute Gasteiger partial charge is 0.497 e. The summed E-state index contributed by atoms with van der Waals surface area (Å²) in [5.41, 5.74) is 2.04. The van der Waals surface area contributed by atoms with Crippen molar-refractivity contribution in [3.63, 3.8) is 0 Å². The van der Waals surface area contributed by atoms with Gasteiger partial charge < -0.3 is 14.4 Å². The molecular formula is C22H24N2O4S2. The first-order valence-electron chi connectivity index (χ1n) is 9.74. The van der Waals surface area contributed by atoms with E-state index in [4.69, 9.17) is 14.5 Å². The number of nitrogens with zero attached hydrogens (tertiary/aromatic N) is 2. The van der Waals surface area contributed by atoms with Crippen molar-refractivity contribution < 1.29 is 17.9 Å². The highest BCUT2D eigenvalue weighted by atomic mass is 32.2. The van der Waals surface area contributed by atoms with Gasteiger partial charge in [-0.2, -0.15) is 0 Å². The lowest BCUT2D eigenvalue weighted by Crippen LogP contribution is -2.39. The molecule has 1 fully saturated rings. The third-order valence-electron chi connectivity index (χ3n) is 5.39. The van der Waals surface area contributed by atoms with Gasteiger partial charge in [0.15, 0.2) is 15.0 Å². The molecular weight excluding hydrogens is 420 g/mol. The number of piperidine rings is 1. The maximum Gasteiger partial charge on any atom is 0.185 e. The summed E-state index contributed by atoms with van der Waals surface area (Å²) in [6.07, 6.45) is 1.11. The van der Waals surface area contributed by atoms with Crippen molar-refractivity contribution in [2.24, 2.45) is 0 Å². The fourth-order valence-corrected chi connectivity index (χ4v) is 6.46. The Hall–Kier alpha value is -2.58. The quantitative estimate of drug-likeness (QED) is 0.566. The third-order valence-corrected chi connectivity index (χ3v) is 8.59. The van der Waals surface area contributed by atoms with Gasteiger partial charge in [-0.05, 0) is 25.0 Å². The zero-order valence-corrected chi connectivity index (χ0v) is 18.6. The molecule has 0 spiro atoms. The molecule has 30 heavy (non-hydrogen) atoms. The molecule has 0 amide bonds. The lowest BCUT2D eigenvalue weighted by Gasteiger charge is -2.31. The van der Waals surface area contributed by atoms with Crippen LogP contribution in [0.5, 0.6) is 11.5 Å². The van der Waals surface area contributed by atoms with E-state index in [0.717, 1.165) is 16.4 Å². The second kappa shape index (κ2) is 8.65. The molecule has 0 unspecified atom stereocenters. The number of hydrogen-bond donors (Lipinski definition) is 0. The predicted molar refractivity (Wildman–Crippen MR) is 120 cm³/mol. The minimum atomic E-state index is -3.50. The second-order valence-corrected chi connectivity index (χ2v) is 10.2. The summed E-state index contributed by atoms with van der Waals surface area (Å²) in [5.74, 6) is 0.891. The Bertz CT molecular complexity index is 1110. The number of benzene rings is 2. The van der Waals surface area contributed by atoms with Gasteiger partial charge in [0.25, 0.3) is 0 Å². The SMILES string of the molecule is COc1ccc(S(=O)(=O)C2CCN(c3nc(-c4ccccc4)cs3)CC2)c(OC)c1. The summed E-state index contributed by atoms with van der Waals surface area (Å²) in [5, 5.41) is 2.55. The Labute approximate surface area is 181 Å². The molecule has 0 saturated carbocycles. The van der Waals surface area contributed by atoms with E-state index < -0.39 is 15.1 Å². The van der Waals surface area contributed by atoms with Gasteiger partial charge in [0, 0.05) is 30.1 Å². The van der Waals surface area contributed by atoms with Crippen molar-refractivity contribution >= 4 is 26.3 Å². The molecule has 0 bridgehead atoms. The summed E-state index contributed by atoms with van der Waals surface area (Å²) >= 11 is 1.60. The first kappa shape index (κ1) is 20.7. The normalized spacial score (nSPS) is 15.2. The summed E-state index contributed by atoms with van der Waals surface area (Å²) in [7, 11) is -0.480. The van der Waals surface area contributed by atoms with Gasteiger partial charge in [-0.15, -0.1) is 11.3 Å². The molecule has 0 N–H and O–H groups in total. The minimum Gasteiger partial charge on any atom is -0.497 e. The Morgan fingerprint density at radius 1 is 1.03 bits per heavy atom. The lowest BCUT2D eigenvalue weighted by atomic mass is 10.1. The summed E-state index contributed by atoms with van der Waals surface area (Å²) in [6, 6.07) is 14.9. The highest BCUT2D eigenvalue weighted by Crippen LogP contribution is 2.35. The molecule has 2 heterocycles. The Morgan fingerprint density at radius 2 is 1.77 bits per heavy atom. The van der Waals surface area contributed by atoms with Gasteiger partial charge in [-0.3, -0.25) is 0 Å². The number of sulfone groups is 1. The number of thiazole rings is 1. The smallest absolute Gasteiger partial charge is 0.185 e. The monoisotopic (exact) mass is 444 g/mol. The van der Waals surface area contributed by atoms with Crippen LogP contribution >= 0.6 is 11.3 Å². The first-order chi connectivity index (χ1) is 14.5. The highest BCUT2D eigenvalue weighted by Gasteiger charge is 2.34. The van der Waals surface area contributed by atoms with E-state index >= 15 is 0 Å². The third kappa shape index (κ3) is 4.02. The molecule has 0 aliphatic carbocycles. The average Bonchev–Trinajstić information content (AvgIpc) is 3.29. The van der Waals surface area contributed by atoms with Crippen molar-refractivity contribution in [2.75, 3.05) is 32.2 Å². The Morgan fingerprint density at radius 3 is 2.43 bits per heavy atom. The van der Waals surface area contributed by atoms with Crippen molar-refractivity contribution in [1.82, 2.24) is 4.98 Å². The number of methoxy groups -OCH3 is 2. The van der Waals surface area contributed by atoms with Crippen LogP contribution in [0.1, 0.15) is 12.8 Å². The molecule has 1 aliphatic heterocycles. The zero-order valence-electron chi connectivity index (χ0n) is 16.9. The van der Waals surface area contributed by atoms with E-state index in [1.54, 1.807) is 36.6 Å². The number of aromatic nitrogens is 1. The Kier molecular flexibility index (Phi) is 5.97. The molecule has 1 saturated heterocycles. The maximum atomic E-state index is 13.2. The van der Waals surface area contributed by atoms with Gasteiger partial charge in [-0.25, -0.2) is 13.4 Å². The van der Waals surface area contributed by atoms with E-state index in [2.05, 4.69) is 10.3 Å². The van der Waals surface area contributed by atoms with E-state index in [1.165, 1.54) is 7.11 Å². The average molecular weight is 445 g/mol. The van der Waals surface area contributed by atoms with E-state index in [1.807, 2.05) is 30.3 Å². The fraction of sp³-hybridized carbons (Fsp3) is 0.318. The molecule has 1 aliphatic rings. The molecule has 6 nitrogen and oxygen atoms in total. The van der Waals surface area contributed by atoms with Crippen LogP contribution in [-0.2, 0) is 9.84 Å². The molecule has 158 valence electrons. The van der Waals surface area contributed by atoms with Gasteiger partial charge in [0.1, 0.15) is 16.4 Å². The van der Waals surface area contributed by atoms with E-state index in [0.29, 0.717) is 37.4 Å². The fourth-order valence-electron chi connectivity index (χ4n) is 3.70. The Balaban J connectivity index is 1.48. The van der Waals surface area contributed by atoms with Gasteiger partial charge in [0.05, 0.1) is 25.2 Å². The number of hydrogen-bond acceptors (Lipinski definition) is 7. The molecule has 8 heteroatoms. The molecule has 3 aromatic rings. The van der Waals surface area contributed by atoms with Crippen LogP contribution < -0.4 is 14.4 Å². The van der Waals surface area contributed by atoms with Crippen LogP contribution in [0.2, 0.25) is 0 Å². The maximum absolute atomic E-state index is 13.2. The summed E-state index contributed by atoms with van der Waals surface area (Å²) in [6.45, 7) is 1.31. The molecule has 0 atom stereocenters. The first-order valence-corrected chi connectivity index (χ1v) is 12.2. The van der Waals surface area contributed by atoms with Crippen LogP contribution in [0.4, 0.5) is 5.13 Å². The molecule has 0 radical (unpaired) electrons. The number of anilines is 1. The summed E-state index contributed by atoms with van der Waals surface area (Å²) in [4.78, 5) is 7.16. The van der Waals surface area contributed by atoms with Crippen LogP contribution in [0.25, 0.3) is 11.3 Å². The predicted octanol–water partition coefficient (Wildman–Crippen LogP) is 4.27.